The van der Waals surface area contributed by atoms with Gasteiger partial charge in [-0.1, -0.05) is 20.3 Å². The van der Waals surface area contributed by atoms with Gasteiger partial charge in [-0.05, 0) is 31.2 Å². The molecule has 0 radical (unpaired) electrons. The summed E-state index contributed by atoms with van der Waals surface area (Å²) in [5.41, 5.74) is 5.68. The van der Waals surface area contributed by atoms with Crippen molar-refractivity contribution in [1.82, 2.24) is 4.31 Å². The molecule has 0 aromatic heterocycles. The Morgan fingerprint density at radius 2 is 1.88 bits per heavy atom. The number of piperidine rings is 1. The lowest BCUT2D eigenvalue weighted by molar-refractivity contribution is 0.169. The highest BCUT2D eigenvalue weighted by atomic mass is 32.2. The maximum absolute atomic E-state index is 11.9. The molecular weight excluding hydrogens is 224 g/mol. The van der Waals surface area contributed by atoms with Crippen LogP contribution in [0, 0.1) is 5.41 Å². The Morgan fingerprint density at radius 3 is 2.31 bits per heavy atom. The summed E-state index contributed by atoms with van der Waals surface area (Å²) in [5, 5.41) is 0. The second-order valence-corrected chi connectivity index (χ2v) is 7.11. The van der Waals surface area contributed by atoms with Gasteiger partial charge in [-0.15, -0.1) is 0 Å². The van der Waals surface area contributed by atoms with E-state index in [9.17, 15) is 8.42 Å². The van der Waals surface area contributed by atoms with Gasteiger partial charge >= 0.3 is 0 Å². The van der Waals surface area contributed by atoms with Crippen LogP contribution >= 0.6 is 0 Å². The van der Waals surface area contributed by atoms with Crippen molar-refractivity contribution >= 4 is 10.0 Å². The third-order valence-electron chi connectivity index (χ3n) is 3.78. The van der Waals surface area contributed by atoms with Gasteiger partial charge in [0.2, 0.25) is 10.0 Å². The summed E-state index contributed by atoms with van der Waals surface area (Å²) in [6, 6.07) is 0. The molecule has 1 heterocycles. The maximum atomic E-state index is 11.9. The van der Waals surface area contributed by atoms with Gasteiger partial charge in [0.1, 0.15) is 0 Å². The van der Waals surface area contributed by atoms with Crippen LogP contribution in [-0.4, -0.2) is 38.1 Å². The second-order valence-electron chi connectivity index (χ2n) is 5.02. The molecule has 1 aliphatic rings. The van der Waals surface area contributed by atoms with Crippen molar-refractivity contribution < 1.29 is 8.42 Å². The van der Waals surface area contributed by atoms with E-state index in [0.717, 1.165) is 19.3 Å². The van der Waals surface area contributed by atoms with Crippen LogP contribution in [0.15, 0.2) is 0 Å². The van der Waals surface area contributed by atoms with Crippen molar-refractivity contribution in [2.24, 2.45) is 11.1 Å². The Hall–Kier alpha value is -0.130. The van der Waals surface area contributed by atoms with E-state index in [1.165, 1.54) is 0 Å². The largest absolute Gasteiger partial charge is 0.330 e. The van der Waals surface area contributed by atoms with Crippen LogP contribution in [0.4, 0.5) is 0 Å². The average Bonchev–Trinajstić information content (AvgIpc) is 2.27. The van der Waals surface area contributed by atoms with Crippen molar-refractivity contribution in [3.05, 3.63) is 0 Å². The zero-order valence-electron chi connectivity index (χ0n) is 10.4. The fourth-order valence-corrected chi connectivity index (χ4v) is 3.58. The first kappa shape index (κ1) is 13.9. The van der Waals surface area contributed by atoms with E-state index in [4.69, 9.17) is 5.73 Å². The van der Waals surface area contributed by atoms with Crippen molar-refractivity contribution in [3.8, 4) is 0 Å². The van der Waals surface area contributed by atoms with Crippen LogP contribution in [-0.2, 0) is 10.0 Å². The van der Waals surface area contributed by atoms with Crippen LogP contribution in [0.1, 0.15) is 39.5 Å². The summed E-state index contributed by atoms with van der Waals surface area (Å²) in [5.74, 6) is 0.201. The number of nitrogens with two attached hydrogens (primary N) is 1. The molecule has 96 valence electrons. The molecule has 0 unspecified atom stereocenters. The molecule has 0 bridgehead atoms. The standard InChI is InChI=1S/C11H24N2O2S/c1-3-11(2)5-8-13(9-6-11)16(14,15)10-4-7-12/h3-10,12H2,1-2H3. The molecule has 2 N–H and O–H groups in total. The Morgan fingerprint density at radius 1 is 1.31 bits per heavy atom. The zero-order chi connectivity index (χ0) is 12.2. The average molecular weight is 248 g/mol. The lowest BCUT2D eigenvalue weighted by Gasteiger charge is -2.38. The first-order valence-electron chi connectivity index (χ1n) is 6.11. The number of rotatable bonds is 5. The van der Waals surface area contributed by atoms with Crippen LogP contribution in [0.2, 0.25) is 0 Å². The smallest absolute Gasteiger partial charge is 0.214 e. The minimum Gasteiger partial charge on any atom is -0.330 e. The number of sulfonamides is 1. The van der Waals surface area contributed by atoms with Gasteiger partial charge in [-0.2, -0.15) is 0 Å². The van der Waals surface area contributed by atoms with Crippen molar-refractivity contribution in [1.29, 1.82) is 0 Å². The van der Waals surface area contributed by atoms with E-state index in [1.54, 1.807) is 4.31 Å². The molecule has 0 aromatic rings. The number of nitrogens with zero attached hydrogens (tertiary/aromatic N) is 1. The SMILES string of the molecule is CCC1(C)CCN(S(=O)(=O)CCCN)CC1. The minimum atomic E-state index is -3.05. The topological polar surface area (TPSA) is 63.4 Å². The van der Waals surface area contributed by atoms with Crippen molar-refractivity contribution in [3.63, 3.8) is 0 Å². The highest BCUT2D eigenvalue weighted by Crippen LogP contribution is 2.34. The van der Waals surface area contributed by atoms with E-state index in [2.05, 4.69) is 13.8 Å². The van der Waals surface area contributed by atoms with Crippen LogP contribution < -0.4 is 5.73 Å². The Balaban J connectivity index is 2.53. The van der Waals surface area contributed by atoms with Gasteiger partial charge in [0.15, 0.2) is 0 Å². The van der Waals surface area contributed by atoms with E-state index in [-0.39, 0.29) is 5.75 Å². The van der Waals surface area contributed by atoms with Crippen LogP contribution in [0.5, 0.6) is 0 Å². The third kappa shape index (κ3) is 3.43. The predicted octanol–water partition coefficient (Wildman–Crippen LogP) is 1.18. The molecule has 1 aliphatic heterocycles. The summed E-state index contributed by atoms with van der Waals surface area (Å²) in [7, 11) is -3.05. The molecule has 1 rings (SSSR count). The lowest BCUT2D eigenvalue weighted by Crippen LogP contribution is -2.43. The fraction of sp³-hybridized carbons (Fsp3) is 1.00. The predicted molar refractivity (Wildman–Crippen MR) is 66.7 cm³/mol. The van der Waals surface area contributed by atoms with E-state index in [0.29, 0.717) is 31.5 Å². The van der Waals surface area contributed by atoms with E-state index in [1.807, 2.05) is 0 Å². The van der Waals surface area contributed by atoms with Crippen molar-refractivity contribution in [2.45, 2.75) is 39.5 Å². The highest BCUT2D eigenvalue weighted by Gasteiger charge is 2.32. The summed E-state index contributed by atoms with van der Waals surface area (Å²) in [4.78, 5) is 0. The summed E-state index contributed by atoms with van der Waals surface area (Å²) in [6.45, 7) is 6.23. The summed E-state index contributed by atoms with van der Waals surface area (Å²) >= 11 is 0. The van der Waals surface area contributed by atoms with Gasteiger partial charge in [0.25, 0.3) is 0 Å². The molecule has 1 fully saturated rings. The van der Waals surface area contributed by atoms with Gasteiger partial charge < -0.3 is 5.73 Å². The quantitative estimate of drug-likeness (QED) is 0.794. The summed E-state index contributed by atoms with van der Waals surface area (Å²) in [6.07, 6.45) is 3.64. The van der Waals surface area contributed by atoms with Crippen LogP contribution in [0.3, 0.4) is 0 Å². The fourth-order valence-electron chi connectivity index (χ4n) is 2.05. The monoisotopic (exact) mass is 248 g/mol. The molecule has 4 nitrogen and oxygen atoms in total. The molecule has 0 saturated carbocycles. The Bertz CT molecular complexity index is 306. The number of hydrogen-bond acceptors (Lipinski definition) is 3. The van der Waals surface area contributed by atoms with Crippen molar-refractivity contribution in [2.75, 3.05) is 25.4 Å². The molecule has 5 heteroatoms. The molecule has 1 saturated heterocycles. The second kappa shape index (κ2) is 5.47. The first-order valence-corrected chi connectivity index (χ1v) is 7.72. The Kier molecular flexibility index (Phi) is 4.76. The van der Waals surface area contributed by atoms with Gasteiger partial charge in [0.05, 0.1) is 5.75 Å². The molecule has 0 amide bonds. The normalized spacial score (nSPS) is 22.2. The molecule has 0 spiro atoms. The zero-order valence-corrected chi connectivity index (χ0v) is 11.2. The first-order chi connectivity index (χ1) is 7.43. The molecule has 16 heavy (non-hydrogen) atoms. The molecular formula is C11H24N2O2S. The van der Waals surface area contributed by atoms with Gasteiger partial charge in [0, 0.05) is 13.1 Å². The van der Waals surface area contributed by atoms with Gasteiger partial charge in [-0.25, -0.2) is 12.7 Å². The maximum Gasteiger partial charge on any atom is 0.214 e. The third-order valence-corrected chi connectivity index (χ3v) is 5.74. The molecule has 0 aliphatic carbocycles. The number of hydrogen-bond donors (Lipinski definition) is 1. The minimum absolute atomic E-state index is 0.201. The molecule has 0 atom stereocenters. The highest BCUT2D eigenvalue weighted by molar-refractivity contribution is 7.89. The van der Waals surface area contributed by atoms with E-state index < -0.39 is 10.0 Å². The summed E-state index contributed by atoms with van der Waals surface area (Å²) < 4.78 is 25.5. The Labute approximate surface area is 99.2 Å². The van der Waals surface area contributed by atoms with Crippen LogP contribution in [0.25, 0.3) is 0 Å². The lowest BCUT2D eigenvalue weighted by atomic mass is 9.79. The molecule has 0 aromatic carbocycles. The van der Waals surface area contributed by atoms with Gasteiger partial charge in [-0.3, -0.25) is 0 Å². The van der Waals surface area contributed by atoms with E-state index >= 15 is 0 Å².